The van der Waals surface area contributed by atoms with Gasteiger partial charge in [0.2, 0.25) is 5.91 Å². The summed E-state index contributed by atoms with van der Waals surface area (Å²) in [6, 6.07) is 9.70. The smallest absolute Gasteiger partial charge is 0.290 e. The maximum atomic E-state index is 12.7. The summed E-state index contributed by atoms with van der Waals surface area (Å²) in [4.78, 5) is 26.1. The number of nitrogens with two attached hydrogens (primary N) is 1. The minimum atomic E-state index is -0.577. The van der Waals surface area contributed by atoms with Gasteiger partial charge in [-0.25, -0.2) is 0 Å². The lowest BCUT2D eigenvalue weighted by molar-refractivity contribution is -0.124. The number of benzene rings is 1. The molecule has 0 spiro atoms. The van der Waals surface area contributed by atoms with Crippen molar-refractivity contribution in [1.29, 1.82) is 0 Å². The Bertz CT molecular complexity index is 774. The van der Waals surface area contributed by atoms with Crippen molar-refractivity contribution in [2.24, 2.45) is 5.73 Å². The van der Waals surface area contributed by atoms with E-state index in [0.717, 1.165) is 0 Å². The van der Waals surface area contributed by atoms with Crippen LogP contribution in [-0.4, -0.2) is 42.4 Å². The molecule has 0 saturated carbocycles. The quantitative estimate of drug-likeness (QED) is 0.887. The van der Waals surface area contributed by atoms with E-state index in [2.05, 4.69) is 5.32 Å². The van der Waals surface area contributed by atoms with Crippen LogP contribution in [0.2, 0.25) is 5.02 Å². The Hall–Kier alpha value is -2.31. The molecule has 2 heterocycles. The lowest BCUT2D eigenvalue weighted by atomic mass is 10.1. The monoisotopic (exact) mass is 347 g/mol. The minimum Gasteiger partial charge on any atom is -0.451 e. The molecule has 3 rings (SSSR count). The number of halogens is 1. The molecule has 6 nitrogen and oxygen atoms in total. The predicted molar refractivity (Wildman–Crippen MR) is 90.6 cm³/mol. The summed E-state index contributed by atoms with van der Waals surface area (Å²) in [7, 11) is 1.54. The highest BCUT2D eigenvalue weighted by Gasteiger charge is 2.39. The van der Waals surface area contributed by atoms with Gasteiger partial charge in [-0.2, -0.15) is 0 Å². The Kier molecular flexibility index (Phi) is 4.59. The van der Waals surface area contributed by atoms with Crippen molar-refractivity contribution in [3.8, 4) is 11.3 Å². The van der Waals surface area contributed by atoms with E-state index in [1.807, 2.05) is 18.2 Å². The van der Waals surface area contributed by atoms with Crippen LogP contribution in [0.3, 0.4) is 0 Å². The van der Waals surface area contributed by atoms with E-state index in [0.29, 0.717) is 29.3 Å². The average Bonchev–Trinajstić information content (AvgIpc) is 3.21. The summed E-state index contributed by atoms with van der Waals surface area (Å²) in [5.41, 5.74) is 6.63. The molecular formula is C17H18ClN3O3. The molecule has 24 heavy (non-hydrogen) atoms. The molecule has 0 aliphatic carbocycles. The van der Waals surface area contributed by atoms with Gasteiger partial charge in [0.1, 0.15) is 11.8 Å². The number of hydrogen-bond donors (Lipinski definition) is 2. The fourth-order valence-corrected chi connectivity index (χ4v) is 3.14. The fraction of sp³-hybridized carbons (Fsp3) is 0.294. The van der Waals surface area contributed by atoms with E-state index in [1.54, 1.807) is 18.2 Å². The summed E-state index contributed by atoms with van der Waals surface area (Å²) in [6.07, 6.45) is 0.434. The summed E-state index contributed by atoms with van der Waals surface area (Å²) in [6.45, 7) is 0.318. The number of carbonyl (C=O) groups is 2. The average molecular weight is 348 g/mol. The topological polar surface area (TPSA) is 88.6 Å². The molecule has 2 amide bonds. The van der Waals surface area contributed by atoms with Crippen LogP contribution in [0.4, 0.5) is 0 Å². The molecule has 1 fully saturated rings. The Morgan fingerprint density at radius 1 is 1.29 bits per heavy atom. The van der Waals surface area contributed by atoms with Crippen LogP contribution in [0.1, 0.15) is 17.0 Å². The van der Waals surface area contributed by atoms with Gasteiger partial charge in [-0.1, -0.05) is 23.7 Å². The van der Waals surface area contributed by atoms with Crippen molar-refractivity contribution in [3.63, 3.8) is 0 Å². The van der Waals surface area contributed by atoms with Crippen molar-refractivity contribution < 1.29 is 14.0 Å². The maximum absolute atomic E-state index is 12.7. The molecule has 1 aromatic carbocycles. The van der Waals surface area contributed by atoms with E-state index in [4.69, 9.17) is 21.8 Å². The molecule has 2 atom stereocenters. The minimum absolute atomic E-state index is 0.160. The molecule has 3 N–H and O–H groups in total. The lowest BCUT2D eigenvalue weighted by Gasteiger charge is -2.22. The van der Waals surface area contributed by atoms with Gasteiger partial charge in [-0.05, 0) is 30.7 Å². The van der Waals surface area contributed by atoms with Crippen LogP contribution >= 0.6 is 11.6 Å². The molecule has 1 aliphatic rings. The van der Waals surface area contributed by atoms with Gasteiger partial charge in [-0.15, -0.1) is 0 Å². The molecular weight excluding hydrogens is 330 g/mol. The van der Waals surface area contributed by atoms with E-state index < -0.39 is 6.04 Å². The third kappa shape index (κ3) is 3.02. The van der Waals surface area contributed by atoms with E-state index in [-0.39, 0.29) is 23.6 Å². The molecule has 1 aromatic heterocycles. The Balaban J connectivity index is 1.86. The van der Waals surface area contributed by atoms with Gasteiger partial charge < -0.3 is 20.4 Å². The van der Waals surface area contributed by atoms with Gasteiger partial charge >= 0.3 is 0 Å². The number of carbonyl (C=O) groups excluding carboxylic acids is 2. The highest BCUT2D eigenvalue weighted by Crippen LogP contribution is 2.30. The SMILES string of the molecule is CNC(=O)[C@@H]1C[C@@H](N)CN1C(=O)c1ccc(-c2ccccc2Cl)o1. The third-order valence-electron chi connectivity index (χ3n) is 4.10. The molecule has 0 bridgehead atoms. The second-order valence-electron chi connectivity index (χ2n) is 5.73. The Labute approximate surface area is 144 Å². The van der Waals surface area contributed by atoms with Crippen LogP contribution in [0, 0.1) is 0 Å². The van der Waals surface area contributed by atoms with Crippen LogP contribution in [0.5, 0.6) is 0 Å². The first-order valence-electron chi connectivity index (χ1n) is 7.64. The van der Waals surface area contributed by atoms with Crippen molar-refractivity contribution in [3.05, 3.63) is 47.2 Å². The molecule has 1 aliphatic heterocycles. The molecule has 1 saturated heterocycles. The second-order valence-corrected chi connectivity index (χ2v) is 6.13. The summed E-state index contributed by atoms with van der Waals surface area (Å²) >= 11 is 6.15. The largest absolute Gasteiger partial charge is 0.451 e. The number of hydrogen-bond acceptors (Lipinski definition) is 4. The van der Waals surface area contributed by atoms with Gasteiger partial charge in [0.25, 0.3) is 5.91 Å². The summed E-state index contributed by atoms with van der Waals surface area (Å²) in [5.74, 6) is 0.0842. The molecule has 126 valence electrons. The number of likely N-dealkylation sites (tertiary alicyclic amines) is 1. The second kappa shape index (κ2) is 6.67. The third-order valence-corrected chi connectivity index (χ3v) is 4.43. The number of nitrogens with zero attached hydrogens (tertiary/aromatic N) is 1. The first-order valence-corrected chi connectivity index (χ1v) is 8.02. The van der Waals surface area contributed by atoms with Crippen LogP contribution in [0.15, 0.2) is 40.8 Å². The normalized spacial score (nSPS) is 20.2. The molecule has 0 radical (unpaired) electrons. The fourth-order valence-electron chi connectivity index (χ4n) is 2.91. The first-order chi connectivity index (χ1) is 11.5. The number of furan rings is 1. The number of nitrogens with one attached hydrogen (secondary N) is 1. The lowest BCUT2D eigenvalue weighted by Crippen LogP contribution is -2.44. The van der Waals surface area contributed by atoms with Crippen molar-refractivity contribution in [1.82, 2.24) is 10.2 Å². The summed E-state index contributed by atoms with van der Waals surface area (Å²) < 4.78 is 5.67. The standard InChI is InChI=1S/C17H18ClN3O3/c1-20-16(22)13-8-10(19)9-21(13)17(23)15-7-6-14(24-15)11-4-2-3-5-12(11)18/h2-7,10,13H,8-9,19H2,1H3,(H,20,22)/t10-,13+/m1/s1. The summed E-state index contributed by atoms with van der Waals surface area (Å²) in [5, 5.41) is 3.11. The predicted octanol–water partition coefficient (Wildman–Crippen LogP) is 1.89. The number of rotatable bonds is 3. The Morgan fingerprint density at radius 2 is 2.04 bits per heavy atom. The highest BCUT2D eigenvalue weighted by atomic mass is 35.5. The molecule has 0 unspecified atom stereocenters. The highest BCUT2D eigenvalue weighted by molar-refractivity contribution is 6.33. The maximum Gasteiger partial charge on any atom is 0.290 e. The van der Waals surface area contributed by atoms with Crippen molar-refractivity contribution in [2.75, 3.05) is 13.6 Å². The van der Waals surface area contributed by atoms with E-state index in [9.17, 15) is 9.59 Å². The van der Waals surface area contributed by atoms with Crippen LogP contribution < -0.4 is 11.1 Å². The molecule has 2 aromatic rings. The Morgan fingerprint density at radius 3 is 2.75 bits per heavy atom. The van der Waals surface area contributed by atoms with Gasteiger partial charge in [0.15, 0.2) is 5.76 Å². The van der Waals surface area contributed by atoms with Crippen molar-refractivity contribution >= 4 is 23.4 Å². The van der Waals surface area contributed by atoms with E-state index in [1.165, 1.54) is 11.9 Å². The van der Waals surface area contributed by atoms with Crippen molar-refractivity contribution in [2.45, 2.75) is 18.5 Å². The zero-order valence-electron chi connectivity index (χ0n) is 13.2. The van der Waals surface area contributed by atoms with Crippen LogP contribution in [-0.2, 0) is 4.79 Å². The van der Waals surface area contributed by atoms with Gasteiger partial charge in [0, 0.05) is 25.2 Å². The number of likely N-dealkylation sites (N-methyl/N-ethyl adjacent to an activating group) is 1. The van der Waals surface area contributed by atoms with Gasteiger partial charge in [-0.3, -0.25) is 9.59 Å². The van der Waals surface area contributed by atoms with Gasteiger partial charge in [0.05, 0.1) is 5.02 Å². The van der Waals surface area contributed by atoms with Crippen LogP contribution in [0.25, 0.3) is 11.3 Å². The zero-order valence-corrected chi connectivity index (χ0v) is 13.9. The number of amides is 2. The first kappa shape index (κ1) is 16.5. The zero-order chi connectivity index (χ0) is 17.3. The molecule has 7 heteroatoms. The van der Waals surface area contributed by atoms with E-state index >= 15 is 0 Å².